The zero-order chi connectivity index (χ0) is 31.7. The van der Waals surface area contributed by atoms with Crippen LogP contribution in [-0.2, 0) is 38.1 Å². The third-order valence-electron chi connectivity index (χ3n) is 11.8. The highest BCUT2D eigenvalue weighted by molar-refractivity contribution is 5.67. The Balaban J connectivity index is 1.58. The minimum Gasteiger partial charge on any atom is -0.466 e. The van der Waals surface area contributed by atoms with Gasteiger partial charge in [0.05, 0.1) is 6.61 Å². The maximum Gasteiger partial charge on any atom is 0.302 e. The Morgan fingerprint density at radius 2 is 1.58 bits per heavy atom. The Morgan fingerprint density at radius 1 is 0.884 bits per heavy atom. The van der Waals surface area contributed by atoms with Gasteiger partial charge in [0.25, 0.3) is 0 Å². The van der Waals surface area contributed by atoms with Crippen LogP contribution in [0.5, 0.6) is 0 Å². The highest BCUT2D eigenvalue weighted by Crippen LogP contribution is 2.68. The Kier molecular flexibility index (Phi) is 10.4. The van der Waals surface area contributed by atoms with E-state index in [0.29, 0.717) is 30.8 Å². The van der Waals surface area contributed by atoms with Crippen molar-refractivity contribution >= 4 is 23.9 Å². The van der Waals surface area contributed by atoms with E-state index in [-0.39, 0.29) is 70.8 Å². The fraction of sp³-hybridized carbons (Fsp3) is 0.829. The first-order valence-corrected chi connectivity index (χ1v) is 16.5. The number of hydrogen-bond acceptors (Lipinski definition) is 8. The average molecular weight is 603 g/mol. The second-order valence-corrected chi connectivity index (χ2v) is 14.7. The number of allylic oxidation sites excluding steroid dienone is 1. The van der Waals surface area contributed by atoms with Crippen LogP contribution < -0.4 is 0 Å². The van der Waals surface area contributed by atoms with Gasteiger partial charge in [-0.25, -0.2) is 0 Å². The molecular weight excluding hydrogens is 548 g/mol. The van der Waals surface area contributed by atoms with E-state index in [1.807, 2.05) is 6.92 Å². The maximum absolute atomic E-state index is 12.4. The standard InChI is InChI=1S/C35H54O8/c1-20(19-40-22(3)36)9-12-31(42-24(5)38)21(2)33-32(43-25(6)39)18-30-28-11-10-26-17-27(41-23(4)37)13-15-34(26,7)29(28)14-16-35(30,33)8/h10,20-21,27-33H,9,11-19H2,1-8H3/t20-,21-,27+,28?,29?,30?,31+,32+,33+,34+,35+/m1/s1. The van der Waals surface area contributed by atoms with Crippen molar-refractivity contribution < 1.29 is 38.1 Å². The Bertz CT molecular complexity index is 1100. The molecule has 0 aliphatic heterocycles. The van der Waals surface area contributed by atoms with Crippen LogP contribution in [-0.4, -0.2) is 48.8 Å². The van der Waals surface area contributed by atoms with E-state index < -0.39 is 0 Å². The molecule has 0 spiro atoms. The number of hydrogen-bond donors (Lipinski definition) is 0. The minimum absolute atomic E-state index is 0.00910. The molecule has 0 aromatic heterocycles. The van der Waals surface area contributed by atoms with Gasteiger partial charge in [0.2, 0.25) is 0 Å². The molecule has 4 aliphatic carbocycles. The number of fused-ring (bicyclic) bond motifs is 5. The van der Waals surface area contributed by atoms with Crippen molar-refractivity contribution in [1.82, 2.24) is 0 Å². The number of carbonyl (C=O) groups is 4. The summed E-state index contributed by atoms with van der Waals surface area (Å²) in [6.45, 7) is 15.2. The van der Waals surface area contributed by atoms with Gasteiger partial charge in [0, 0.05) is 40.0 Å². The fourth-order valence-corrected chi connectivity index (χ4v) is 9.93. The van der Waals surface area contributed by atoms with E-state index >= 15 is 0 Å². The highest BCUT2D eigenvalue weighted by atomic mass is 16.6. The smallest absolute Gasteiger partial charge is 0.302 e. The molecule has 0 aromatic carbocycles. The lowest BCUT2D eigenvalue weighted by Crippen LogP contribution is -2.52. The van der Waals surface area contributed by atoms with Crippen LogP contribution in [0.1, 0.15) is 113 Å². The molecule has 43 heavy (non-hydrogen) atoms. The van der Waals surface area contributed by atoms with Gasteiger partial charge in [0.1, 0.15) is 18.3 Å². The summed E-state index contributed by atoms with van der Waals surface area (Å²) in [4.78, 5) is 47.6. The van der Waals surface area contributed by atoms with Gasteiger partial charge in [-0.3, -0.25) is 19.2 Å². The van der Waals surface area contributed by atoms with Crippen molar-refractivity contribution in [2.24, 2.45) is 46.3 Å². The summed E-state index contributed by atoms with van der Waals surface area (Å²) in [5, 5.41) is 0. The van der Waals surface area contributed by atoms with Crippen molar-refractivity contribution in [3.05, 3.63) is 11.6 Å². The summed E-state index contributed by atoms with van der Waals surface area (Å²) in [6.07, 6.45) is 10.0. The van der Waals surface area contributed by atoms with Crippen molar-refractivity contribution in [2.45, 2.75) is 131 Å². The molecule has 4 aliphatic rings. The van der Waals surface area contributed by atoms with E-state index in [1.165, 1.54) is 33.3 Å². The van der Waals surface area contributed by atoms with Gasteiger partial charge in [-0.05, 0) is 91.8 Å². The van der Waals surface area contributed by atoms with Crippen molar-refractivity contribution in [1.29, 1.82) is 0 Å². The Hall–Kier alpha value is -2.38. The number of rotatable bonds is 10. The first-order valence-electron chi connectivity index (χ1n) is 16.5. The van der Waals surface area contributed by atoms with Crippen molar-refractivity contribution in [3.63, 3.8) is 0 Å². The molecule has 0 radical (unpaired) electrons. The average Bonchev–Trinajstić information content (AvgIpc) is 3.20. The van der Waals surface area contributed by atoms with E-state index in [9.17, 15) is 19.2 Å². The second-order valence-electron chi connectivity index (χ2n) is 14.7. The van der Waals surface area contributed by atoms with E-state index in [2.05, 4.69) is 26.8 Å². The number of carbonyl (C=O) groups excluding carboxylic acids is 4. The second kappa shape index (κ2) is 13.3. The summed E-state index contributed by atoms with van der Waals surface area (Å²) in [6, 6.07) is 0. The molecule has 0 N–H and O–H groups in total. The first kappa shape index (κ1) is 33.5. The zero-order valence-electron chi connectivity index (χ0n) is 27.6. The molecule has 242 valence electrons. The third-order valence-corrected chi connectivity index (χ3v) is 11.8. The molecule has 3 unspecified atom stereocenters. The van der Waals surface area contributed by atoms with Gasteiger partial charge in [0.15, 0.2) is 0 Å². The van der Waals surface area contributed by atoms with Crippen molar-refractivity contribution in [2.75, 3.05) is 6.61 Å². The highest BCUT2D eigenvalue weighted by Gasteiger charge is 2.63. The molecule has 0 saturated heterocycles. The molecule has 0 heterocycles. The molecule has 0 bridgehead atoms. The van der Waals surface area contributed by atoms with Gasteiger partial charge >= 0.3 is 23.9 Å². The molecule has 11 atom stereocenters. The van der Waals surface area contributed by atoms with Crippen LogP contribution in [0.2, 0.25) is 0 Å². The molecule has 8 heteroatoms. The summed E-state index contributed by atoms with van der Waals surface area (Å²) in [5.74, 6) is 0.554. The lowest BCUT2D eigenvalue weighted by molar-refractivity contribution is -0.161. The molecule has 3 saturated carbocycles. The lowest BCUT2D eigenvalue weighted by Gasteiger charge is -2.58. The van der Waals surface area contributed by atoms with E-state index in [0.717, 1.165) is 51.4 Å². The molecule has 8 nitrogen and oxygen atoms in total. The lowest BCUT2D eigenvalue weighted by atomic mass is 9.47. The summed E-state index contributed by atoms with van der Waals surface area (Å²) >= 11 is 0. The van der Waals surface area contributed by atoms with E-state index in [1.54, 1.807) is 0 Å². The third kappa shape index (κ3) is 7.14. The van der Waals surface area contributed by atoms with Crippen LogP contribution in [0.25, 0.3) is 0 Å². The van der Waals surface area contributed by atoms with Crippen LogP contribution in [0.15, 0.2) is 11.6 Å². The van der Waals surface area contributed by atoms with Gasteiger partial charge in [-0.1, -0.05) is 39.3 Å². The molecule has 4 rings (SSSR count). The quantitative estimate of drug-likeness (QED) is 0.157. The molecule has 0 aromatic rings. The van der Waals surface area contributed by atoms with E-state index in [4.69, 9.17) is 18.9 Å². The maximum atomic E-state index is 12.4. The van der Waals surface area contributed by atoms with Crippen LogP contribution in [0.4, 0.5) is 0 Å². The predicted molar refractivity (Wildman–Crippen MR) is 161 cm³/mol. The van der Waals surface area contributed by atoms with Gasteiger partial charge < -0.3 is 18.9 Å². The molecular formula is C35H54O8. The topological polar surface area (TPSA) is 105 Å². The van der Waals surface area contributed by atoms with Crippen LogP contribution in [0.3, 0.4) is 0 Å². The summed E-state index contributed by atoms with van der Waals surface area (Å²) in [5.41, 5.74) is 1.49. The van der Waals surface area contributed by atoms with Crippen LogP contribution in [0, 0.1) is 46.3 Å². The number of esters is 4. The van der Waals surface area contributed by atoms with Crippen molar-refractivity contribution in [3.8, 4) is 0 Å². The fourth-order valence-electron chi connectivity index (χ4n) is 9.93. The summed E-state index contributed by atoms with van der Waals surface area (Å²) < 4.78 is 22.9. The monoisotopic (exact) mass is 602 g/mol. The normalized spacial score (nSPS) is 36.9. The Morgan fingerprint density at radius 3 is 2.21 bits per heavy atom. The van der Waals surface area contributed by atoms with Crippen LogP contribution >= 0.6 is 0 Å². The Labute approximate surface area is 258 Å². The zero-order valence-corrected chi connectivity index (χ0v) is 27.6. The minimum atomic E-state index is -0.319. The summed E-state index contributed by atoms with van der Waals surface area (Å²) in [7, 11) is 0. The SMILES string of the molecule is CC(=O)OC[C@H](C)CC[C@H](OC(C)=O)[C@@H](C)[C@H]1[C@@H](OC(C)=O)CC2C3CC=C4C[C@@H](OC(C)=O)CC[C@]4(C)C3CC[C@@]21C. The van der Waals surface area contributed by atoms with Gasteiger partial charge in [-0.15, -0.1) is 0 Å². The largest absolute Gasteiger partial charge is 0.466 e. The molecule has 3 fully saturated rings. The van der Waals surface area contributed by atoms with Gasteiger partial charge in [-0.2, -0.15) is 0 Å². The first-order chi connectivity index (χ1) is 20.2. The molecule has 0 amide bonds. The predicted octanol–water partition coefficient (Wildman–Crippen LogP) is 6.59. The number of ether oxygens (including phenoxy) is 4.